The van der Waals surface area contributed by atoms with Crippen LogP contribution in [0.5, 0.6) is 5.75 Å². The predicted octanol–water partition coefficient (Wildman–Crippen LogP) is 4.61. The zero-order valence-electron chi connectivity index (χ0n) is 9.70. The van der Waals surface area contributed by atoms with Crippen LogP contribution < -0.4 is 0 Å². The highest BCUT2D eigenvalue weighted by atomic mass is 19.3. The van der Waals surface area contributed by atoms with E-state index in [-0.39, 0.29) is 6.42 Å². The molecule has 0 spiro atoms. The second-order valence-electron chi connectivity index (χ2n) is 3.58. The first-order chi connectivity index (χ1) is 7.66. The molecule has 0 aliphatic rings. The summed E-state index contributed by atoms with van der Waals surface area (Å²) in [6.07, 6.45) is 1.84. The minimum Gasteiger partial charge on any atom is -0.508 e. The molecule has 1 N–H and O–H groups in total. The molecule has 0 bridgehead atoms. The number of alkyl halides is 2. The Morgan fingerprint density at radius 3 is 2.06 bits per heavy atom. The fourth-order valence-corrected chi connectivity index (χ4v) is 1.15. The molecule has 0 aromatic heterocycles. The highest BCUT2D eigenvalue weighted by Crippen LogP contribution is 2.08. The van der Waals surface area contributed by atoms with E-state index >= 15 is 0 Å². The van der Waals surface area contributed by atoms with E-state index in [1.54, 1.807) is 24.3 Å². The van der Waals surface area contributed by atoms with E-state index < -0.39 is 6.43 Å². The molecule has 1 aromatic carbocycles. The van der Waals surface area contributed by atoms with Crippen LogP contribution in [0.4, 0.5) is 8.78 Å². The molecule has 16 heavy (non-hydrogen) atoms. The first-order valence-electron chi connectivity index (χ1n) is 5.69. The van der Waals surface area contributed by atoms with Crippen molar-refractivity contribution in [3.63, 3.8) is 0 Å². The number of phenols is 1. The van der Waals surface area contributed by atoms with Crippen LogP contribution in [0.1, 0.15) is 39.0 Å². The Morgan fingerprint density at radius 1 is 1.06 bits per heavy atom. The van der Waals surface area contributed by atoms with Gasteiger partial charge in [-0.2, -0.15) is 0 Å². The van der Waals surface area contributed by atoms with Crippen molar-refractivity contribution >= 4 is 0 Å². The minimum atomic E-state index is -2.10. The van der Waals surface area contributed by atoms with E-state index in [0.29, 0.717) is 12.2 Å². The van der Waals surface area contributed by atoms with Crippen LogP contribution in [0.25, 0.3) is 0 Å². The van der Waals surface area contributed by atoms with Gasteiger partial charge in [0.2, 0.25) is 6.43 Å². The summed E-state index contributed by atoms with van der Waals surface area (Å²) in [5.74, 6) is 0.322. The van der Waals surface area contributed by atoms with E-state index in [0.717, 1.165) is 19.3 Å². The topological polar surface area (TPSA) is 20.2 Å². The van der Waals surface area contributed by atoms with E-state index in [9.17, 15) is 8.78 Å². The third-order valence-corrected chi connectivity index (χ3v) is 2.03. The van der Waals surface area contributed by atoms with Gasteiger partial charge in [-0.05, 0) is 18.6 Å². The summed E-state index contributed by atoms with van der Waals surface area (Å²) in [5.41, 5.74) is 0. The predicted molar refractivity (Wildman–Crippen MR) is 62.9 cm³/mol. The third-order valence-electron chi connectivity index (χ3n) is 2.03. The molecule has 0 saturated heterocycles. The summed E-state index contributed by atoms with van der Waals surface area (Å²) < 4.78 is 22.9. The number of benzene rings is 1. The van der Waals surface area contributed by atoms with Crippen molar-refractivity contribution in [2.75, 3.05) is 0 Å². The number of unbranched alkanes of at least 4 members (excludes halogenated alkanes) is 3. The molecule has 0 radical (unpaired) electrons. The Morgan fingerprint density at radius 2 is 1.69 bits per heavy atom. The average molecular weight is 230 g/mol. The molecule has 0 unspecified atom stereocenters. The van der Waals surface area contributed by atoms with Gasteiger partial charge in [0.05, 0.1) is 0 Å². The molecule has 3 heteroatoms. The van der Waals surface area contributed by atoms with Gasteiger partial charge in [-0.15, -0.1) is 0 Å². The Labute approximate surface area is 96.1 Å². The fraction of sp³-hybridized carbons (Fsp3) is 0.538. The summed E-state index contributed by atoms with van der Waals surface area (Å²) in [5, 5.41) is 8.63. The number of rotatable bonds is 5. The number of halogens is 2. The minimum absolute atomic E-state index is 0.0833. The maximum Gasteiger partial charge on any atom is 0.238 e. The maximum absolute atomic E-state index is 11.5. The molecule has 0 fully saturated rings. The number of aromatic hydroxyl groups is 1. The number of hydrogen-bond acceptors (Lipinski definition) is 1. The summed E-state index contributed by atoms with van der Waals surface area (Å²) in [6, 6.07) is 8.71. The summed E-state index contributed by atoms with van der Waals surface area (Å²) in [6.45, 7) is 2.07. The van der Waals surface area contributed by atoms with E-state index in [1.165, 1.54) is 0 Å². The number of hydrogen-bond donors (Lipinski definition) is 1. The number of para-hydroxylation sites is 1. The zero-order chi connectivity index (χ0) is 12.2. The second kappa shape index (κ2) is 10.4. The molecular weight excluding hydrogens is 210 g/mol. The fourth-order valence-electron chi connectivity index (χ4n) is 1.15. The SMILES string of the molecule is CCCCCCC(F)F.Oc1ccccc1. The van der Waals surface area contributed by atoms with Gasteiger partial charge in [-0.1, -0.05) is 44.4 Å². The molecule has 0 heterocycles. The van der Waals surface area contributed by atoms with Crippen molar-refractivity contribution in [1.29, 1.82) is 0 Å². The first-order valence-corrected chi connectivity index (χ1v) is 5.69. The van der Waals surface area contributed by atoms with Crippen molar-refractivity contribution in [2.24, 2.45) is 0 Å². The van der Waals surface area contributed by atoms with Crippen molar-refractivity contribution in [2.45, 2.75) is 45.5 Å². The summed E-state index contributed by atoms with van der Waals surface area (Å²) in [4.78, 5) is 0. The van der Waals surface area contributed by atoms with Crippen molar-refractivity contribution in [1.82, 2.24) is 0 Å². The van der Waals surface area contributed by atoms with Crippen LogP contribution in [0.15, 0.2) is 30.3 Å². The molecule has 1 nitrogen and oxygen atoms in total. The first kappa shape index (κ1) is 14.9. The van der Waals surface area contributed by atoms with Gasteiger partial charge >= 0.3 is 0 Å². The molecule has 0 aliphatic carbocycles. The zero-order valence-corrected chi connectivity index (χ0v) is 9.70. The van der Waals surface area contributed by atoms with Gasteiger partial charge in [0.25, 0.3) is 0 Å². The Hall–Kier alpha value is -1.12. The van der Waals surface area contributed by atoms with E-state index in [4.69, 9.17) is 5.11 Å². The normalized spacial score (nSPS) is 9.75. The smallest absolute Gasteiger partial charge is 0.238 e. The highest BCUT2D eigenvalue weighted by molar-refractivity contribution is 5.18. The molecular formula is C13H20F2O. The quantitative estimate of drug-likeness (QED) is 0.732. The Kier molecular flexibility index (Phi) is 9.67. The molecule has 0 saturated carbocycles. The van der Waals surface area contributed by atoms with Gasteiger partial charge in [-0.3, -0.25) is 0 Å². The van der Waals surface area contributed by atoms with Crippen LogP contribution in [0.3, 0.4) is 0 Å². The van der Waals surface area contributed by atoms with Crippen LogP contribution in [-0.4, -0.2) is 11.5 Å². The van der Waals surface area contributed by atoms with Gasteiger partial charge < -0.3 is 5.11 Å². The molecule has 1 rings (SSSR count). The lowest BCUT2D eigenvalue weighted by atomic mass is 10.2. The van der Waals surface area contributed by atoms with E-state index in [1.807, 2.05) is 6.07 Å². The lowest BCUT2D eigenvalue weighted by molar-refractivity contribution is 0.134. The largest absolute Gasteiger partial charge is 0.508 e. The standard InChI is InChI=1S/C7H14F2.C6H6O/c1-2-3-4-5-6-7(8)9;7-6-4-2-1-3-5-6/h7H,2-6H2,1H3;1-5,7H. The molecule has 0 amide bonds. The Balaban J connectivity index is 0.000000288. The van der Waals surface area contributed by atoms with Gasteiger partial charge in [0, 0.05) is 6.42 Å². The third kappa shape index (κ3) is 11.0. The molecule has 0 aliphatic heterocycles. The van der Waals surface area contributed by atoms with Crippen molar-refractivity contribution in [3.05, 3.63) is 30.3 Å². The Bertz CT molecular complexity index is 237. The molecule has 1 aromatic rings. The van der Waals surface area contributed by atoms with Crippen LogP contribution in [-0.2, 0) is 0 Å². The van der Waals surface area contributed by atoms with Crippen molar-refractivity contribution < 1.29 is 13.9 Å². The summed E-state index contributed by atoms with van der Waals surface area (Å²) >= 11 is 0. The lowest BCUT2D eigenvalue weighted by Crippen LogP contribution is -1.88. The highest BCUT2D eigenvalue weighted by Gasteiger charge is 1.99. The van der Waals surface area contributed by atoms with Crippen LogP contribution in [0, 0.1) is 0 Å². The van der Waals surface area contributed by atoms with Gasteiger partial charge in [0.1, 0.15) is 5.75 Å². The van der Waals surface area contributed by atoms with Gasteiger partial charge in [0.15, 0.2) is 0 Å². The lowest BCUT2D eigenvalue weighted by Gasteiger charge is -1.96. The molecule has 0 atom stereocenters. The van der Waals surface area contributed by atoms with Crippen LogP contribution >= 0.6 is 0 Å². The monoisotopic (exact) mass is 230 g/mol. The number of phenolic OH excluding ortho intramolecular Hbond substituents is 1. The maximum atomic E-state index is 11.5. The molecule has 92 valence electrons. The van der Waals surface area contributed by atoms with Crippen molar-refractivity contribution in [3.8, 4) is 5.75 Å². The van der Waals surface area contributed by atoms with E-state index in [2.05, 4.69) is 6.92 Å². The average Bonchev–Trinajstić information content (AvgIpc) is 2.26. The van der Waals surface area contributed by atoms with Crippen LogP contribution in [0.2, 0.25) is 0 Å². The summed E-state index contributed by atoms with van der Waals surface area (Å²) in [7, 11) is 0. The van der Waals surface area contributed by atoms with Gasteiger partial charge in [-0.25, -0.2) is 8.78 Å². The second-order valence-corrected chi connectivity index (χ2v) is 3.58.